The number of aryl methyl sites for hydroxylation is 1. The van der Waals surface area contributed by atoms with Crippen molar-refractivity contribution in [3.05, 3.63) is 47.7 Å². The number of anilines is 1. The topological polar surface area (TPSA) is 87.8 Å². The summed E-state index contributed by atoms with van der Waals surface area (Å²) in [4.78, 5) is 4.64. The van der Waals surface area contributed by atoms with Crippen molar-refractivity contribution in [1.29, 1.82) is 5.26 Å². The van der Waals surface area contributed by atoms with Crippen molar-refractivity contribution in [1.82, 2.24) is 9.55 Å². The monoisotopic (exact) mass is 408 g/mol. The second kappa shape index (κ2) is 7.20. The fourth-order valence-electron chi connectivity index (χ4n) is 3.70. The SMILES string of the molecule is Cc1cnc2c(c1)c(C#N)c(-c1cccc(NS(=O)(=O)C(C)C)c1)n2C1CCC1. The minimum atomic E-state index is -3.45. The molecular weight excluding hydrogens is 384 g/mol. The third-order valence-corrected chi connectivity index (χ3v) is 7.31. The Labute approximate surface area is 171 Å². The highest BCUT2D eigenvalue weighted by Gasteiger charge is 2.28. The smallest absolute Gasteiger partial charge is 0.235 e. The summed E-state index contributed by atoms with van der Waals surface area (Å²) in [7, 11) is -3.45. The minimum absolute atomic E-state index is 0.306. The first-order valence-corrected chi connectivity index (χ1v) is 11.4. The second-order valence-electron chi connectivity index (χ2n) is 7.95. The number of pyridine rings is 1. The van der Waals surface area contributed by atoms with Crippen LogP contribution in [-0.2, 0) is 10.0 Å². The molecule has 2 aromatic heterocycles. The summed E-state index contributed by atoms with van der Waals surface area (Å²) in [5, 5.41) is 10.3. The van der Waals surface area contributed by atoms with E-state index in [1.165, 1.54) is 0 Å². The van der Waals surface area contributed by atoms with Gasteiger partial charge in [0.2, 0.25) is 10.0 Å². The molecule has 0 saturated heterocycles. The molecule has 0 unspecified atom stereocenters. The van der Waals surface area contributed by atoms with Crippen LogP contribution in [0.25, 0.3) is 22.3 Å². The van der Waals surface area contributed by atoms with Crippen LogP contribution in [0.15, 0.2) is 36.5 Å². The lowest BCUT2D eigenvalue weighted by molar-refractivity contribution is 0.323. The Bertz CT molecular complexity index is 1230. The number of nitrogens with zero attached hydrogens (tertiary/aromatic N) is 3. The molecule has 0 amide bonds. The maximum atomic E-state index is 12.3. The van der Waals surface area contributed by atoms with Gasteiger partial charge in [-0.1, -0.05) is 12.1 Å². The van der Waals surface area contributed by atoms with Crippen LogP contribution in [0, 0.1) is 18.3 Å². The van der Waals surface area contributed by atoms with E-state index in [0.29, 0.717) is 17.3 Å². The van der Waals surface area contributed by atoms with Gasteiger partial charge in [0.1, 0.15) is 11.7 Å². The van der Waals surface area contributed by atoms with Crippen LogP contribution >= 0.6 is 0 Å². The number of hydrogen-bond donors (Lipinski definition) is 1. The maximum Gasteiger partial charge on any atom is 0.235 e. The Hall–Kier alpha value is -2.85. The summed E-state index contributed by atoms with van der Waals surface area (Å²) >= 11 is 0. The lowest BCUT2D eigenvalue weighted by Gasteiger charge is -2.29. The molecule has 7 heteroatoms. The zero-order chi connectivity index (χ0) is 20.8. The van der Waals surface area contributed by atoms with Crippen LogP contribution < -0.4 is 4.72 Å². The van der Waals surface area contributed by atoms with Gasteiger partial charge in [-0.25, -0.2) is 13.4 Å². The van der Waals surface area contributed by atoms with Gasteiger partial charge in [0.25, 0.3) is 0 Å². The van der Waals surface area contributed by atoms with Crippen molar-refractivity contribution in [2.24, 2.45) is 0 Å². The van der Waals surface area contributed by atoms with Crippen LogP contribution in [0.2, 0.25) is 0 Å². The molecule has 1 N–H and O–H groups in total. The molecule has 1 aromatic carbocycles. The van der Waals surface area contributed by atoms with E-state index < -0.39 is 15.3 Å². The summed E-state index contributed by atoms with van der Waals surface area (Å²) in [6, 6.07) is 12.0. The normalized spacial score (nSPS) is 14.7. The Kier molecular flexibility index (Phi) is 4.83. The highest BCUT2D eigenvalue weighted by molar-refractivity contribution is 7.93. The van der Waals surface area contributed by atoms with E-state index in [-0.39, 0.29) is 0 Å². The molecular formula is C22H24N4O2S. The quantitative estimate of drug-likeness (QED) is 0.659. The van der Waals surface area contributed by atoms with E-state index in [9.17, 15) is 13.7 Å². The third kappa shape index (κ3) is 3.38. The molecule has 4 rings (SSSR count). The fraction of sp³-hybridized carbons (Fsp3) is 0.364. The average molecular weight is 409 g/mol. The van der Waals surface area contributed by atoms with Crippen LogP contribution in [0.3, 0.4) is 0 Å². The molecule has 0 atom stereocenters. The van der Waals surface area contributed by atoms with E-state index in [0.717, 1.165) is 47.1 Å². The first kappa shape index (κ1) is 19.5. The van der Waals surface area contributed by atoms with E-state index in [1.807, 2.05) is 31.3 Å². The van der Waals surface area contributed by atoms with E-state index in [2.05, 4.69) is 20.3 Å². The molecule has 1 fully saturated rings. The van der Waals surface area contributed by atoms with Gasteiger partial charge in [-0.05, 0) is 63.8 Å². The summed E-state index contributed by atoms with van der Waals surface area (Å²) in [5.74, 6) is 0. The van der Waals surface area contributed by atoms with Crippen molar-refractivity contribution in [2.45, 2.75) is 51.3 Å². The molecule has 2 heterocycles. The largest absolute Gasteiger partial charge is 0.321 e. The molecule has 29 heavy (non-hydrogen) atoms. The van der Waals surface area contributed by atoms with Crippen molar-refractivity contribution in [3.63, 3.8) is 0 Å². The number of aromatic nitrogens is 2. The molecule has 0 spiro atoms. The standard InChI is InChI=1S/C22H24N4O2S/c1-14(2)29(27,28)25-17-7-4-6-16(11-17)21-20(12-23)19-10-15(3)13-24-22(19)26(21)18-8-5-9-18/h4,6-7,10-11,13-14,18,25H,5,8-9H2,1-3H3. The number of sulfonamides is 1. The van der Waals surface area contributed by atoms with Crippen LogP contribution in [0.1, 0.15) is 50.3 Å². The van der Waals surface area contributed by atoms with Gasteiger partial charge < -0.3 is 4.57 Å². The number of hydrogen-bond acceptors (Lipinski definition) is 4. The van der Waals surface area contributed by atoms with Crippen molar-refractivity contribution in [2.75, 3.05) is 4.72 Å². The molecule has 1 aliphatic rings. The number of benzene rings is 1. The predicted molar refractivity (Wildman–Crippen MR) is 115 cm³/mol. The van der Waals surface area contributed by atoms with Crippen molar-refractivity contribution < 1.29 is 8.42 Å². The van der Waals surface area contributed by atoms with Gasteiger partial charge in [0, 0.05) is 28.9 Å². The Morgan fingerprint density at radius 1 is 1.28 bits per heavy atom. The maximum absolute atomic E-state index is 12.3. The van der Waals surface area contributed by atoms with Crippen molar-refractivity contribution in [3.8, 4) is 17.3 Å². The Morgan fingerprint density at radius 3 is 2.66 bits per heavy atom. The van der Waals surface area contributed by atoms with Gasteiger partial charge in [-0.3, -0.25) is 4.72 Å². The van der Waals surface area contributed by atoms with Gasteiger partial charge in [-0.2, -0.15) is 5.26 Å². The number of nitrogens with one attached hydrogen (secondary N) is 1. The summed E-state index contributed by atoms with van der Waals surface area (Å²) in [6.07, 6.45) is 5.09. The predicted octanol–water partition coefficient (Wildman–Crippen LogP) is 4.76. The van der Waals surface area contributed by atoms with E-state index >= 15 is 0 Å². The molecule has 0 aliphatic heterocycles. The second-order valence-corrected chi connectivity index (χ2v) is 10.2. The molecule has 3 aromatic rings. The Morgan fingerprint density at radius 2 is 2.03 bits per heavy atom. The molecule has 0 radical (unpaired) electrons. The van der Waals surface area contributed by atoms with Crippen LogP contribution in [0.4, 0.5) is 5.69 Å². The van der Waals surface area contributed by atoms with Crippen molar-refractivity contribution >= 4 is 26.7 Å². The molecule has 150 valence electrons. The van der Waals surface area contributed by atoms with E-state index in [4.69, 9.17) is 0 Å². The Balaban J connectivity index is 1.92. The zero-order valence-corrected chi connectivity index (χ0v) is 17.6. The van der Waals surface area contributed by atoms with Gasteiger partial charge in [0.05, 0.1) is 16.5 Å². The van der Waals surface area contributed by atoms with Gasteiger partial charge in [0.15, 0.2) is 0 Å². The van der Waals surface area contributed by atoms with Gasteiger partial charge in [-0.15, -0.1) is 0 Å². The molecule has 0 bridgehead atoms. The zero-order valence-electron chi connectivity index (χ0n) is 16.8. The highest BCUT2D eigenvalue weighted by Crippen LogP contribution is 2.42. The lowest BCUT2D eigenvalue weighted by Crippen LogP contribution is -2.22. The molecule has 1 saturated carbocycles. The first-order valence-electron chi connectivity index (χ1n) is 9.84. The summed E-state index contributed by atoms with van der Waals surface area (Å²) in [6.45, 7) is 5.25. The third-order valence-electron chi connectivity index (χ3n) is 5.55. The van der Waals surface area contributed by atoms with E-state index in [1.54, 1.807) is 26.0 Å². The minimum Gasteiger partial charge on any atom is -0.321 e. The number of fused-ring (bicyclic) bond motifs is 1. The average Bonchev–Trinajstić information content (AvgIpc) is 2.93. The lowest BCUT2D eigenvalue weighted by atomic mass is 9.92. The highest BCUT2D eigenvalue weighted by atomic mass is 32.2. The molecule has 6 nitrogen and oxygen atoms in total. The van der Waals surface area contributed by atoms with Gasteiger partial charge >= 0.3 is 0 Å². The van der Waals surface area contributed by atoms with Crippen LogP contribution in [0.5, 0.6) is 0 Å². The van der Waals surface area contributed by atoms with Crippen LogP contribution in [-0.4, -0.2) is 23.2 Å². The first-order chi connectivity index (χ1) is 13.8. The fourth-order valence-corrected chi connectivity index (χ4v) is 4.39. The summed E-state index contributed by atoms with van der Waals surface area (Å²) < 4.78 is 29.4. The number of rotatable bonds is 5. The summed E-state index contributed by atoms with van der Waals surface area (Å²) in [5.41, 5.74) is 4.54. The number of nitriles is 1. The molecule has 1 aliphatic carbocycles.